The van der Waals surface area contributed by atoms with E-state index in [0.29, 0.717) is 10.8 Å². The van der Waals surface area contributed by atoms with Gasteiger partial charge in [-0.3, -0.25) is 9.59 Å². The molecule has 9 aromatic rings. The summed E-state index contributed by atoms with van der Waals surface area (Å²) >= 11 is 0. The Bertz CT molecular complexity index is 2450. The first-order chi connectivity index (χ1) is 21.5. The lowest BCUT2D eigenvalue weighted by molar-refractivity contribution is 0.100. The minimum atomic E-state index is -0.457. The summed E-state index contributed by atoms with van der Waals surface area (Å²) in [5, 5.41) is 33.5. The van der Waals surface area contributed by atoms with E-state index in [4.69, 9.17) is 0 Å². The van der Waals surface area contributed by atoms with Gasteiger partial charge in [-0.15, -0.1) is 0 Å². The fourth-order valence-corrected chi connectivity index (χ4v) is 7.22. The zero-order chi connectivity index (χ0) is 29.7. The van der Waals surface area contributed by atoms with Crippen molar-refractivity contribution in [2.75, 3.05) is 0 Å². The molecule has 0 aliphatic rings. The van der Waals surface area contributed by atoms with Crippen LogP contribution in [0.25, 0.3) is 64.6 Å². The van der Waals surface area contributed by atoms with Gasteiger partial charge >= 0.3 is 0 Å². The van der Waals surface area contributed by atoms with Gasteiger partial charge in [0.25, 0.3) is 0 Å². The number of phenolic OH excluding ortho intramolecular Hbond substituents is 2. The molecule has 0 atom stereocenters. The van der Waals surface area contributed by atoms with Crippen molar-refractivity contribution in [3.63, 3.8) is 0 Å². The molecular formula is C40H22O4. The van der Waals surface area contributed by atoms with Gasteiger partial charge in [-0.25, -0.2) is 0 Å². The van der Waals surface area contributed by atoms with Crippen LogP contribution >= 0.6 is 0 Å². The molecule has 4 heteroatoms. The zero-order valence-electron chi connectivity index (χ0n) is 23.3. The summed E-state index contributed by atoms with van der Waals surface area (Å²) in [6.07, 6.45) is 0. The molecule has 0 amide bonds. The summed E-state index contributed by atoms with van der Waals surface area (Å²) < 4.78 is 0. The third kappa shape index (κ3) is 3.22. The highest BCUT2D eigenvalue weighted by atomic mass is 16.3. The molecule has 0 unspecified atom stereocenters. The maximum absolute atomic E-state index is 14.4. The molecule has 0 bridgehead atoms. The van der Waals surface area contributed by atoms with Crippen molar-refractivity contribution in [3.8, 4) is 11.5 Å². The van der Waals surface area contributed by atoms with Gasteiger partial charge < -0.3 is 10.2 Å². The van der Waals surface area contributed by atoms with E-state index in [1.54, 1.807) is 36.4 Å². The quantitative estimate of drug-likeness (QED) is 0.164. The molecule has 0 spiro atoms. The van der Waals surface area contributed by atoms with Crippen molar-refractivity contribution < 1.29 is 19.8 Å². The van der Waals surface area contributed by atoms with Gasteiger partial charge in [0, 0.05) is 11.1 Å². The molecule has 0 fully saturated rings. The van der Waals surface area contributed by atoms with E-state index >= 15 is 0 Å². The summed E-state index contributed by atoms with van der Waals surface area (Å²) in [7, 11) is 0. The van der Waals surface area contributed by atoms with Gasteiger partial charge in [0.05, 0.1) is 11.1 Å². The minimum Gasteiger partial charge on any atom is -0.507 e. The van der Waals surface area contributed by atoms with Gasteiger partial charge in [-0.1, -0.05) is 109 Å². The van der Waals surface area contributed by atoms with Crippen LogP contribution in [0.5, 0.6) is 11.5 Å². The van der Waals surface area contributed by atoms with Crippen molar-refractivity contribution in [1.29, 1.82) is 0 Å². The highest BCUT2D eigenvalue weighted by Crippen LogP contribution is 2.42. The van der Waals surface area contributed by atoms with E-state index in [1.165, 1.54) is 0 Å². The molecule has 0 heterocycles. The SMILES string of the molecule is O=C(c1ccccc1C(=O)c1c(O)cc2ccc3cccc4ccc1c2c34)c1c(O)cc2ccc3cccc4ccc1c2c34. The number of ketones is 2. The second-order valence-corrected chi connectivity index (χ2v) is 11.5. The minimum absolute atomic E-state index is 0.145. The number of carbonyl (C=O) groups excluding carboxylic acids is 2. The van der Waals surface area contributed by atoms with E-state index in [0.717, 1.165) is 53.9 Å². The molecule has 206 valence electrons. The van der Waals surface area contributed by atoms with Crippen molar-refractivity contribution in [2.45, 2.75) is 0 Å². The number of rotatable bonds is 4. The molecule has 2 N–H and O–H groups in total. The van der Waals surface area contributed by atoms with Crippen LogP contribution in [-0.2, 0) is 0 Å². The lowest BCUT2D eigenvalue weighted by atomic mass is 9.85. The average Bonchev–Trinajstić information content (AvgIpc) is 3.05. The summed E-state index contributed by atoms with van der Waals surface area (Å²) in [6, 6.07) is 37.6. The van der Waals surface area contributed by atoms with Crippen LogP contribution in [0.2, 0.25) is 0 Å². The summed E-state index contributed by atoms with van der Waals surface area (Å²) in [4.78, 5) is 28.8. The highest BCUT2D eigenvalue weighted by Gasteiger charge is 2.27. The molecule has 44 heavy (non-hydrogen) atoms. The third-order valence-corrected chi connectivity index (χ3v) is 9.12. The molecule has 9 aromatic carbocycles. The van der Waals surface area contributed by atoms with Crippen molar-refractivity contribution in [2.24, 2.45) is 0 Å². The van der Waals surface area contributed by atoms with Gasteiger partial charge in [0.15, 0.2) is 11.6 Å². The molecule has 4 nitrogen and oxygen atoms in total. The van der Waals surface area contributed by atoms with E-state index in [9.17, 15) is 19.8 Å². The zero-order valence-corrected chi connectivity index (χ0v) is 23.3. The van der Waals surface area contributed by atoms with Crippen LogP contribution in [0.15, 0.2) is 121 Å². The lowest BCUT2D eigenvalue weighted by Gasteiger charge is -2.17. The number of aromatic hydroxyl groups is 2. The van der Waals surface area contributed by atoms with Crippen molar-refractivity contribution >= 4 is 76.2 Å². The van der Waals surface area contributed by atoms with Crippen LogP contribution in [0.4, 0.5) is 0 Å². The van der Waals surface area contributed by atoms with E-state index in [2.05, 4.69) is 0 Å². The average molecular weight is 567 g/mol. The topological polar surface area (TPSA) is 74.6 Å². The molecule has 0 saturated carbocycles. The number of carbonyl (C=O) groups is 2. The summed E-state index contributed by atoms with van der Waals surface area (Å²) in [6.45, 7) is 0. The Hall–Kier alpha value is -6.00. The molecule has 0 aliphatic heterocycles. The number of benzene rings is 9. The number of phenols is 2. The Morgan fingerprint density at radius 1 is 0.386 bits per heavy atom. The van der Waals surface area contributed by atoms with E-state index in [-0.39, 0.29) is 33.8 Å². The Kier molecular flexibility index (Phi) is 4.89. The van der Waals surface area contributed by atoms with Crippen LogP contribution in [0.1, 0.15) is 31.8 Å². The van der Waals surface area contributed by atoms with Gasteiger partial charge in [-0.05, 0) is 76.8 Å². The van der Waals surface area contributed by atoms with Crippen LogP contribution in [0.3, 0.4) is 0 Å². The van der Waals surface area contributed by atoms with E-state index in [1.807, 2.05) is 84.9 Å². The Morgan fingerprint density at radius 2 is 0.750 bits per heavy atom. The van der Waals surface area contributed by atoms with Crippen molar-refractivity contribution in [3.05, 3.63) is 144 Å². The predicted molar refractivity (Wildman–Crippen MR) is 177 cm³/mol. The summed E-state index contributed by atoms with van der Waals surface area (Å²) in [5.74, 6) is -1.20. The normalized spacial score (nSPS) is 12.0. The second kappa shape index (κ2) is 8.76. The van der Waals surface area contributed by atoms with Crippen LogP contribution in [0, 0.1) is 0 Å². The fraction of sp³-hybridized carbons (Fsp3) is 0. The maximum Gasteiger partial charge on any atom is 0.198 e. The Balaban J connectivity index is 1.27. The molecular weight excluding hydrogens is 544 g/mol. The first kappa shape index (κ1) is 24.6. The van der Waals surface area contributed by atoms with Gasteiger partial charge in [-0.2, -0.15) is 0 Å². The smallest absolute Gasteiger partial charge is 0.198 e. The van der Waals surface area contributed by atoms with Crippen LogP contribution < -0.4 is 0 Å². The lowest BCUT2D eigenvalue weighted by Crippen LogP contribution is -2.12. The standard InChI is InChI=1S/C40H22O4/c41-31-19-25-13-11-21-5-3-7-23-15-17-29(35(25)33(21)23)37(31)39(43)27-9-1-2-10-28(27)40(44)38-30-18-16-24-8-4-6-22-12-14-26(20-32(38)42)36(30)34(22)24/h1-20,41-42H. The first-order valence-electron chi connectivity index (χ1n) is 14.5. The maximum atomic E-state index is 14.4. The van der Waals surface area contributed by atoms with Crippen molar-refractivity contribution in [1.82, 2.24) is 0 Å². The Morgan fingerprint density at radius 3 is 1.16 bits per heavy atom. The molecule has 9 rings (SSSR count). The Labute approximate surface area is 250 Å². The molecule has 0 radical (unpaired) electrons. The monoisotopic (exact) mass is 566 g/mol. The molecule has 0 saturated heterocycles. The fourth-order valence-electron chi connectivity index (χ4n) is 7.22. The van der Waals surface area contributed by atoms with Gasteiger partial charge in [0.1, 0.15) is 11.5 Å². The third-order valence-electron chi connectivity index (χ3n) is 9.12. The van der Waals surface area contributed by atoms with E-state index < -0.39 is 11.6 Å². The molecule has 0 aromatic heterocycles. The largest absolute Gasteiger partial charge is 0.507 e. The second-order valence-electron chi connectivity index (χ2n) is 11.5. The predicted octanol–water partition coefficient (Wildman–Crippen LogP) is 9.35. The number of hydrogen-bond acceptors (Lipinski definition) is 4. The molecule has 0 aliphatic carbocycles. The first-order valence-corrected chi connectivity index (χ1v) is 14.5. The summed E-state index contributed by atoms with van der Waals surface area (Å²) in [5.41, 5.74) is 0.618. The van der Waals surface area contributed by atoms with Gasteiger partial charge in [0.2, 0.25) is 0 Å². The highest BCUT2D eigenvalue weighted by molar-refractivity contribution is 6.33. The van der Waals surface area contributed by atoms with Crippen LogP contribution in [-0.4, -0.2) is 21.8 Å². The number of hydrogen-bond donors (Lipinski definition) is 2.